The molecule has 0 aliphatic heterocycles. The predicted molar refractivity (Wildman–Crippen MR) is 99.5 cm³/mol. The molecule has 0 spiro atoms. The number of ether oxygens (including phenoxy) is 1. The summed E-state index contributed by atoms with van der Waals surface area (Å²) in [6, 6.07) is 14.1. The lowest BCUT2D eigenvalue weighted by Gasteiger charge is -2.13. The van der Waals surface area contributed by atoms with Gasteiger partial charge in [-0.15, -0.1) is 12.4 Å². The van der Waals surface area contributed by atoms with E-state index >= 15 is 0 Å². The SMILES string of the molecule is COc1ccc2c(Nc3cc(C)cc(C)c3)c(C#N)cnc2c1.Cl. The van der Waals surface area contributed by atoms with Crippen molar-refractivity contribution in [3.63, 3.8) is 0 Å². The van der Waals surface area contributed by atoms with E-state index in [0.29, 0.717) is 5.56 Å². The molecule has 0 radical (unpaired) electrons. The number of anilines is 2. The third kappa shape index (κ3) is 3.42. The van der Waals surface area contributed by atoms with E-state index in [1.165, 1.54) is 11.1 Å². The summed E-state index contributed by atoms with van der Waals surface area (Å²) in [6.45, 7) is 4.11. The number of fused-ring (bicyclic) bond motifs is 1. The number of benzene rings is 2. The lowest BCUT2D eigenvalue weighted by Crippen LogP contribution is -1.98. The van der Waals surface area contributed by atoms with E-state index in [1.54, 1.807) is 13.3 Å². The van der Waals surface area contributed by atoms with Crippen molar-refractivity contribution in [1.82, 2.24) is 4.98 Å². The Morgan fingerprint density at radius 3 is 2.42 bits per heavy atom. The molecule has 0 saturated carbocycles. The molecule has 5 heteroatoms. The number of halogens is 1. The summed E-state index contributed by atoms with van der Waals surface area (Å²) < 4.78 is 5.24. The molecule has 0 unspecified atom stereocenters. The summed E-state index contributed by atoms with van der Waals surface area (Å²) in [6.07, 6.45) is 1.59. The predicted octanol–water partition coefficient (Wildman–Crippen LogP) is 4.90. The van der Waals surface area contributed by atoms with Crippen LogP contribution in [0.5, 0.6) is 5.75 Å². The van der Waals surface area contributed by atoms with Gasteiger partial charge in [-0.1, -0.05) is 6.07 Å². The number of pyridine rings is 1. The van der Waals surface area contributed by atoms with Gasteiger partial charge in [0, 0.05) is 23.3 Å². The van der Waals surface area contributed by atoms with Crippen molar-refractivity contribution in [3.8, 4) is 11.8 Å². The average molecular weight is 340 g/mol. The first-order valence-electron chi connectivity index (χ1n) is 7.33. The van der Waals surface area contributed by atoms with Gasteiger partial charge in [-0.25, -0.2) is 0 Å². The van der Waals surface area contributed by atoms with Gasteiger partial charge < -0.3 is 10.1 Å². The normalized spacial score (nSPS) is 9.92. The van der Waals surface area contributed by atoms with Gasteiger partial charge in [-0.2, -0.15) is 5.26 Å². The molecule has 3 aromatic rings. The number of hydrogen-bond acceptors (Lipinski definition) is 4. The molecule has 122 valence electrons. The molecule has 0 aliphatic rings. The van der Waals surface area contributed by atoms with Gasteiger partial charge >= 0.3 is 0 Å². The van der Waals surface area contributed by atoms with Crippen LogP contribution in [0, 0.1) is 25.2 Å². The molecule has 0 fully saturated rings. The van der Waals surface area contributed by atoms with Crippen molar-refractivity contribution in [1.29, 1.82) is 5.26 Å². The van der Waals surface area contributed by atoms with Crippen molar-refractivity contribution < 1.29 is 4.74 Å². The first kappa shape index (κ1) is 17.6. The van der Waals surface area contributed by atoms with E-state index in [-0.39, 0.29) is 12.4 Å². The first-order chi connectivity index (χ1) is 11.1. The maximum Gasteiger partial charge on any atom is 0.121 e. The van der Waals surface area contributed by atoms with Crippen molar-refractivity contribution in [2.45, 2.75) is 13.8 Å². The molecule has 3 rings (SSSR count). The third-order valence-electron chi connectivity index (χ3n) is 3.69. The summed E-state index contributed by atoms with van der Waals surface area (Å²) in [5, 5.41) is 13.7. The monoisotopic (exact) mass is 339 g/mol. The highest BCUT2D eigenvalue weighted by Gasteiger charge is 2.10. The summed E-state index contributed by atoms with van der Waals surface area (Å²) in [5.74, 6) is 0.743. The molecule has 0 atom stereocenters. The Labute approximate surface area is 147 Å². The maximum atomic E-state index is 9.41. The van der Waals surface area contributed by atoms with Gasteiger partial charge in [0.2, 0.25) is 0 Å². The standard InChI is InChI=1S/C19H17N3O.ClH/c1-12-6-13(2)8-15(7-12)22-19-14(10-20)11-21-18-9-16(23-3)4-5-17(18)19;/h4-9,11H,1-3H3,(H,21,22);1H. The highest BCUT2D eigenvalue weighted by Crippen LogP contribution is 2.31. The van der Waals surface area contributed by atoms with E-state index < -0.39 is 0 Å². The second-order valence-corrected chi connectivity index (χ2v) is 5.54. The minimum absolute atomic E-state index is 0. The Kier molecular flexibility index (Phi) is 5.28. The fourth-order valence-corrected chi connectivity index (χ4v) is 2.71. The largest absolute Gasteiger partial charge is 0.497 e. The Hall–Kier alpha value is -2.77. The molecular formula is C19H18ClN3O. The Morgan fingerprint density at radius 1 is 1.08 bits per heavy atom. The fraction of sp³-hybridized carbons (Fsp3) is 0.158. The zero-order valence-corrected chi connectivity index (χ0v) is 14.6. The number of nitrogens with zero attached hydrogens (tertiary/aromatic N) is 2. The van der Waals surface area contributed by atoms with Crippen LogP contribution >= 0.6 is 12.4 Å². The second-order valence-electron chi connectivity index (χ2n) is 5.54. The van der Waals surface area contributed by atoms with Crippen molar-refractivity contribution in [2.24, 2.45) is 0 Å². The lowest BCUT2D eigenvalue weighted by molar-refractivity contribution is 0.415. The summed E-state index contributed by atoms with van der Waals surface area (Å²) in [7, 11) is 1.62. The number of methoxy groups -OCH3 is 1. The topological polar surface area (TPSA) is 57.9 Å². The van der Waals surface area contributed by atoms with Gasteiger partial charge in [0.15, 0.2) is 0 Å². The fourth-order valence-electron chi connectivity index (χ4n) is 2.71. The first-order valence-corrected chi connectivity index (χ1v) is 7.33. The van der Waals surface area contributed by atoms with Crippen LogP contribution in [0.3, 0.4) is 0 Å². The molecule has 4 nitrogen and oxygen atoms in total. The number of nitriles is 1. The quantitative estimate of drug-likeness (QED) is 0.737. The number of aryl methyl sites for hydroxylation is 2. The lowest BCUT2D eigenvalue weighted by atomic mass is 10.1. The van der Waals surface area contributed by atoms with Crippen molar-refractivity contribution >= 4 is 34.7 Å². The molecule has 1 N–H and O–H groups in total. The third-order valence-corrected chi connectivity index (χ3v) is 3.69. The Bertz CT molecular complexity index is 912. The van der Waals surface area contributed by atoms with Crippen LogP contribution in [0.15, 0.2) is 42.6 Å². The minimum Gasteiger partial charge on any atom is -0.497 e. The van der Waals surface area contributed by atoms with E-state index in [2.05, 4.69) is 48.4 Å². The molecular weight excluding hydrogens is 322 g/mol. The number of hydrogen-bond donors (Lipinski definition) is 1. The zero-order chi connectivity index (χ0) is 16.4. The highest BCUT2D eigenvalue weighted by molar-refractivity contribution is 5.96. The van der Waals surface area contributed by atoms with E-state index in [4.69, 9.17) is 4.74 Å². The van der Waals surface area contributed by atoms with E-state index in [9.17, 15) is 5.26 Å². The van der Waals surface area contributed by atoms with Crippen LogP contribution < -0.4 is 10.1 Å². The van der Waals surface area contributed by atoms with Gasteiger partial charge in [0.1, 0.15) is 11.8 Å². The molecule has 0 aliphatic carbocycles. The smallest absolute Gasteiger partial charge is 0.121 e. The van der Waals surface area contributed by atoms with Crippen LogP contribution in [0.2, 0.25) is 0 Å². The Balaban J connectivity index is 0.00000208. The minimum atomic E-state index is 0. The molecule has 2 aromatic carbocycles. The summed E-state index contributed by atoms with van der Waals surface area (Å²) in [5.41, 5.74) is 5.38. The zero-order valence-electron chi connectivity index (χ0n) is 13.8. The molecule has 1 aromatic heterocycles. The second kappa shape index (κ2) is 7.20. The maximum absolute atomic E-state index is 9.41. The van der Waals surface area contributed by atoms with Gasteiger partial charge in [-0.05, 0) is 49.2 Å². The van der Waals surface area contributed by atoms with Crippen molar-refractivity contribution in [2.75, 3.05) is 12.4 Å². The average Bonchev–Trinajstić information content (AvgIpc) is 2.53. The van der Waals surface area contributed by atoms with Crippen LogP contribution in [0.25, 0.3) is 10.9 Å². The van der Waals surface area contributed by atoms with Crippen LogP contribution in [-0.2, 0) is 0 Å². The van der Waals surface area contributed by atoms with Crippen LogP contribution in [-0.4, -0.2) is 12.1 Å². The highest BCUT2D eigenvalue weighted by atomic mass is 35.5. The molecule has 0 bridgehead atoms. The number of rotatable bonds is 3. The van der Waals surface area contributed by atoms with Gasteiger partial charge in [0.25, 0.3) is 0 Å². The Morgan fingerprint density at radius 2 is 1.79 bits per heavy atom. The van der Waals surface area contributed by atoms with Gasteiger partial charge in [0.05, 0.1) is 23.9 Å². The summed E-state index contributed by atoms with van der Waals surface area (Å²) in [4.78, 5) is 4.36. The van der Waals surface area contributed by atoms with E-state index in [1.807, 2.05) is 18.2 Å². The van der Waals surface area contributed by atoms with Crippen LogP contribution in [0.1, 0.15) is 16.7 Å². The molecule has 24 heavy (non-hydrogen) atoms. The van der Waals surface area contributed by atoms with Gasteiger partial charge in [-0.3, -0.25) is 4.98 Å². The number of nitrogens with one attached hydrogen (secondary N) is 1. The summed E-state index contributed by atoms with van der Waals surface area (Å²) >= 11 is 0. The van der Waals surface area contributed by atoms with Crippen molar-refractivity contribution in [3.05, 3.63) is 59.3 Å². The molecule has 0 amide bonds. The molecule has 1 heterocycles. The molecule has 0 saturated heterocycles. The van der Waals surface area contributed by atoms with Crippen LogP contribution in [0.4, 0.5) is 11.4 Å². The number of aromatic nitrogens is 1. The van der Waals surface area contributed by atoms with E-state index in [0.717, 1.165) is 28.0 Å².